The molecule has 21 amide bonds. The van der Waals surface area contributed by atoms with E-state index in [1.165, 1.54) is 18.7 Å². The largest absolute Gasteiger partial charge is 0.481 e. The summed E-state index contributed by atoms with van der Waals surface area (Å²) in [4.78, 5) is 331. The molecule has 818 valence electrons. The highest BCUT2D eigenvalue weighted by Gasteiger charge is 2.43. The molecule has 6 rings (SSSR count). The number of benzene rings is 3. The van der Waals surface area contributed by atoms with Crippen LogP contribution in [-0.2, 0) is 141 Å². The zero-order valence-corrected chi connectivity index (χ0v) is 81.8. The van der Waals surface area contributed by atoms with E-state index in [9.17, 15) is 146 Å². The number of rotatable bonds is 69. The Balaban J connectivity index is 1.000. The molecule has 1 saturated heterocycles. The highest BCUT2D eigenvalue weighted by atomic mass is 16.4. The number of aliphatic hydroxyl groups is 3. The van der Waals surface area contributed by atoms with Gasteiger partial charge in [-0.3, -0.25) is 110 Å². The number of primary amides is 2. The number of fused-ring (bicyclic) bond motifs is 1. The minimum absolute atomic E-state index is 0.0661. The van der Waals surface area contributed by atoms with E-state index < -0.39 is 331 Å². The van der Waals surface area contributed by atoms with Gasteiger partial charge in [-0.15, -0.1) is 0 Å². The quantitative estimate of drug-likeness (QED) is 0.0161. The third kappa shape index (κ3) is 43.6. The molecule has 0 spiro atoms. The number of likely N-dealkylation sites (tertiary alicyclic amines) is 1. The molecule has 0 radical (unpaired) electrons. The van der Waals surface area contributed by atoms with Crippen LogP contribution in [0.3, 0.4) is 0 Å². The molecule has 57 heteroatoms. The summed E-state index contributed by atoms with van der Waals surface area (Å²) < 4.78 is 0. The van der Waals surface area contributed by atoms with E-state index in [0.29, 0.717) is 40.4 Å². The van der Waals surface area contributed by atoms with Gasteiger partial charge in [-0.25, -0.2) is 9.78 Å². The lowest BCUT2D eigenvalue weighted by Crippen LogP contribution is -2.61. The van der Waals surface area contributed by atoms with Gasteiger partial charge in [0.25, 0.3) is 0 Å². The number of carboxylic acid groups (broad SMARTS) is 3. The van der Waals surface area contributed by atoms with Gasteiger partial charge in [0, 0.05) is 81.2 Å². The maximum Gasteiger partial charge on any atom is 0.326 e. The van der Waals surface area contributed by atoms with E-state index in [1.807, 2.05) is 0 Å². The number of carboxylic acids is 3. The number of H-pyrrole nitrogens is 2. The Kier molecular flexibility index (Phi) is 52.5. The molecule has 2 aromatic heterocycles. The number of imidazole rings is 1. The molecule has 1 aliphatic heterocycles. The monoisotopic (exact) mass is 2110 g/mol. The van der Waals surface area contributed by atoms with Crippen molar-refractivity contribution in [1.29, 1.82) is 0 Å². The van der Waals surface area contributed by atoms with Gasteiger partial charge in [0.2, 0.25) is 124 Å². The lowest BCUT2D eigenvalue weighted by Gasteiger charge is -2.31. The van der Waals surface area contributed by atoms with E-state index in [0.717, 1.165) is 4.90 Å². The summed E-state index contributed by atoms with van der Waals surface area (Å²) in [5, 5.41) is 103. The van der Waals surface area contributed by atoms with Gasteiger partial charge in [-0.1, -0.05) is 78.9 Å². The van der Waals surface area contributed by atoms with E-state index >= 15 is 0 Å². The van der Waals surface area contributed by atoms with Crippen LogP contribution in [0.15, 0.2) is 104 Å². The first-order valence-corrected chi connectivity index (χ1v) is 47.9. The molecule has 0 bridgehead atoms. The number of nitrogens with one attached hydrogen (secondary N) is 20. The maximum absolute atomic E-state index is 15.0. The predicted octanol–water partition coefficient (Wildman–Crippen LogP) is -12.4. The second-order valence-electron chi connectivity index (χ2n) is 34.7. The number of nitrogens with zero attached hydrogens (tertiary/aromatic N) is 2. The van der Waals surface area contributed by atoms with Crippen LogP contribution in [0.25, 0.3) is 10.9 Å². The van der Waals surface area contributed by atoms with Gasteiger partial charge in [0.15, 0.2) is 0 Å². The summed E-state index contributed by atoms with van der Waals surface area (Å²) in [6.07, 6.45) is 0.207. The summed E-state index contributed by atoms with van der Waals surface area (Å²) in [6.45, 7) is -8.28. The Bertz CT molecular complexity index is 5490. The Hall–Kier alpha value is -16.5. The van der Waals surface area contributed by atoms with Gasteiger partial charge in [-0.05, 0) is 113 Å². The number of nitrogens with two attached hydrogens (primary N) is 5. The molecule has 14 atom stereocenters. The maximum atomic E-state index is 15.0. The molecule has 3 aromatic carbocycles. The molecule has 1 fully saturated rings. The molecular formula is C93H131N27O30. The number of hydrogen-bond acceptors (Lipinski definition) is 31. The standard InChI is InChI=1S/C93H131N27O30/c94-31-11-9-20-57(110-83(139)59(25-29-78(132)133)111-86(142)62(34-50-14-3-1-4-15-50)115-80(136)55(96)23-27-70(97)124)81(137)105-42-74(128)101-40-72(126)103-44-76(130)108-66(46-121)82(138)106-43-75(129)102-41-73(127)104-45-77(131)109-67(47-122)89(145)117-64(36-52-38-100-56-19-8-7-18-54(52)56)88(144)119-68(48-123)90(146)118-65(37-53-39-99-49-107-53)92(148)120-33-13-22-69(120)91(147)113-58(24-28-71(98)125)85(141)116-63(35-51-16-5-2-6-17-51)87(143)112-60(26-30-79(134)135)84(140)114-61(93(149)150)21-10-12-32-95/h1-8,14-19,38-39,49,55,57-69,100,121-123H,9-13,20-37,40-48,94-96H2,(H2,97,124)(H2,98,125)(H,99,107)(H,101,128)(H,102,129)(H,103,126)(H,104,127)(H,105,137)(H,106,138)(H,108,130)(H,109,131)(H,110,139)(H,111,142)(H,112,143)(H,113,147)(H,114,140)(H,115,136)(H,116,141)(H,117,145)(H,118,146)(H,119,144)(H,132,133)(H,134,135)(H,149,150)/t55-,57-,58-,59-,60-,61-,62-,63-,64-,65-,66-,67-,68-,69-/m0/s1. The van der Waals surface area contributed by atoms with Gasteiger partial charge in [0.05, 0.1) is 77.2 Å². The van der Waals surface area contributed by atoms with Crippen LogP contribution in [0.1, 0.15) is 125 Å². The van der Waals surface area contributed by atoms with Crippen molar-refractivity contribution in [2.45, 2.75) is 213 Å². The summed E-state index contributed by atoms with van der Waals surface area (Å²) in [5.41, 5.74) is 30.0. The second kappa shape index (κ2) is 64.4. The summed E-state index contributed by atoms with van der Waals surface area (Å²) in [7, 11) is 0. The summed E-state index contributed by atoms with van der Waals surface area (Å²) in [5.74, 6) is -25.8. The first-order valence-electron chi connectivity index (χ1n) is 47.9. The SMILES string of the molecule is NCCCC[C@H](NC(=O)[C@H](CCC(=O)O)NC(=O)[C@H](Cc1ccccc1)NC(=O)[C@H](CCC(N)=O)NC(=O)[C@@H]1CCCN1C(=O)[C@H](Cc1c[nH]cn1)NC(=O)[C@H](CO)NC(=O)[C@H](Cc1c[nH]c2ccccc12)NC(=O)[C@H](CO)NC(=O)CNC(=O)CNC(=O)CNC(=O)[C@H](CO)NC(=O)CNC(=O)CNC(=O)CNC(=O)[C@H](CCCCN)NC(=O)[C@H](CCC(=O)O)NC(=O)[C@H](Cc1ccccc1)NC(=O)[C@@H](N)CCC(N)=O)C(=O)O. The zero-order chi connectivity index (χ0) is 110. The number of carbonyl (C=O) groups excluding carboxylic acids is 21. The first-order chi connectivity index (χ1) is 71.5. The third-order valence-electron chi connectivity index (χ3n) is 23.2. The van der Waals surface area contributed by atoms with Crippen molar-refractivity contribution < 1.29 is 146 Å². The molecular weight excluding hydrogens is 1980 g/mol. The fourth-order valence-electron chi connectivity index (χ4n) is 15.1. The molecule has 150 heavy (non-hydrogen) atoms. The smallest absolute Gasteiger partial charge is 0.326 e. The van der Waals surface area contributed by atoms with Crippen molar-refractivity contribution in [1.82, 2.24) is 116 Å². The molecule has 0 unspecified atom stereocenters. The number of hydrogen-bond donors (Lipinski definition) is 31. The average Bonchev–Trinajstić information content (AvgIpc) is 1.68. The fourth-order valence-corrected chi connectivity index (χ4v) is 15.1. The molecule has 3 heterocycles. The average molecular weight is 2110 g/mol. The van der Waals surface area contributed by atoms with Crippen molar-refractivity contribution in [3.63, 3.8) is 0 Å². The topological polar surface area (TPSA) is 925 Å². The normalized spacial score (nSPS) is 14.6. The van der Waals surface area contributed by atoms with Crippen molar-refractivity contribution >= 4 is 153 Å². The van der Waals surface area contributed by atoms with Crippen molar-refractivity contribution in [3.8, 4) is 0 Å². The Morgan fingerprint density at radius 1 is 0.367 bits per heavy atom. The molecule has 0 saturated carbocycles. The molecule has 36 N–H and O–H groups in total. The van der Waals surface area contributed by atoms with Crippen molar-refractivity contribution in [2.75, 3.05) is 78.7 Å². The van der Waals surface area contributed by atoms with E-state index in [-0.39, 0.29) is 96.0 Å². The highest BCUT2D eigenvalue weighted by molar-refractivity contribution is 6.02. The summed E-state index contributed by atoms with van der Waals surface area (Å²) >= 11 is 0. The predicted molar refractivity (Wildman–Crippen MR) is 524 cm³/mol. The first kappa shape index (κ1) is 122. The van der Waals surface area contributed by atoms with Crippen LogP contribution >= 0.6 is 0 Å². The minimum atomic E-state index is -1.95. The Morgan fingerprint density at radius 3 is 1.19 bits per heavy atom. The number of amides is 21. The second-order valence-corrected chi connectivity index (χ2v) is 34.7. The van der Waals surface area contributed by atoms with Gasteiger partial charge < -0.3 is 170 Å². The Labute approximate surface area is 856 Å². The number of carbonyl (C=O) groups is 24. The van der Waals surface area contributed by atoms with Crippen molar-refractivity contribution in [2.24, 2.45) is 28.7 Å². The number of para-hydroxylation sites is 1. The lowest BCUT2D eigenvalue weighted by atomic mass is 10.0. The van der Waals surface area contributed by atoms with Gasteiger partial charge in [-0.2, -0.15) is 0 Å². The van der Waals surface area contributed by atoms with Crippen LogP contribution in [0.4, 0.5) is 0 Å². The number of aliphatic hydroxyl groups excluding tert-OH is 3. The minimum Gasteiger partial charge on any atom is -0.481 e. The van der Waals surface area contributed by atoms with E-state index in [4.69, 9.17) is 28.7 Å². The summed E-state index contributed by atoms with van der Waals surface area (Å²) in [6, 6.07) is 0.395. The molecule has 1 aliphatic rings. The van der Waals surface area contributed by atoms with Crippen LogP contribution in [0.5, 0.6) is 0 Å². The van der Waals surface area contributed by atoms with Crippen LogP contribution in [-0.4, -0.2) is 356 Å². The van der Waals surface area contributed by atoms with Gasteiger partial charge in [0.1, 0.15) is 78.5 Å². The Morgan fingerprint density at radius 2 is 0.733 bits per heavy atom. The number of aromatic nitrogens is 3. The lowest BCUT2D eigenvalue weighted by molar-refractivity contribution is -0.143. The number of aliphatic carboxylic acids is 3. The molecule has 57 nitrogen and oxygen atoms in total. The van der Waals surface area contributed by atoms with Crippen LogP contribution < -0.4 is 124 Å². The number of aromatic amines is 2. The highest BCUT2D eigenvalue weighted by Crippen LogP contribution is 2.23. The zero-order valence-electron chi connectivity index (χ0n) is 81.8. The fraction of sp³-hybridized carbons (Fsp3) is 0.495. The van der Waals surface area contributed by atoms with E-state index in [2.05, 4.69) is 111 Å². The van der Waals surface area contributed by atoms with Crippen LogP contribution in [0.2, 0.25) is 0 Å². The van der Waals surface area contributed by atoms with Gasteiger partial charge >= 0.3 is 17.9 Å². The van der Waals surface area contributed by atoms with E-state index in [1.54, 1.807) is 84.9 Å². The third-order valence-corrected chi connectivity index (χ3v) is 23.2. The molecule has 5 aromatic rings. The van der Waals surface area contributed by atoms with Crippen LogP contribution in [0, 0.1) is 0 Å². The number of unbranched alkanes of at least 4 members (excludes halogenated alkanes) is 2. The van der Waals surface area contributed by atoms with Crippen molar-refractivity contribution in [3.05, 3.63) is 126 Å². The molecule has 0 aliphatic carbocycles.